The highest BCUT2D eigenvalue weighted by Crippen LogP contribution is 2.44. The van der Waals surface area contributed by atoms with Crippen LogP contribution in [-0.4, -0.2) is 44.8 Å². The number of hydrogen-bond donors (Lipinski definition) is 1. The molecule has 2 aliphatic heterocycles. The van der Waals surface area contributed by atoms with Crippen LogP contribution in [0.15, 0.2) is 60.9 Å². The van der Waals surface area contributed by atoms with Gasteiger partial charge in [-0.25, -0.2) is 22.6 Å². The number of piperidine rings is 1. The molecule has 0 atom stereocenters. The Hall–Kier alpha value is -4.88. The number of carbonyl (C=O) groups excluding carboxylic acids is 2. The van der Waals surface area contributed by atoms with E-state index in [-0.39, 0.29) is 54.3 Å². The molecule has 0 aliphatic carbocycles. The molecule has 2 aliphatic rings. The molecular formula is C28H19F6N5O3. The van der Waals surface area contributed by atoms with E-state index in [9.17, 15) is 35.9 Å². The molecule has 216 valence electrons. The van der Waals surface area contributed by atoms with Gasteiger partial charge in [-0.2, -0.15) is 18.3 Å². The van der Waals surface area contributed by atoms with E-state index in [2.05, 4.69) is 15.4 Å². The van der Waals surface area contributed by atoms with E-state index in [0.717, 1.165) is 22.9 Å². The fourth-order valence-electron chi connectivity index (χ4n) is 5.26. The molecule has 1 spiro atoms. The lowest BCUT2D eigenvalue weighted by Gasteiger charge is -2.44. The van der Waals surface area contributed by atoms with Crippen LogP contribution in [0.1, 0.15) is 34.5 Å². The number of aromatic nitrogens is 3. The van der Waals surface area contributed by atoms with Gasteiger partial charge >= 0.3 is 12.3 Å². The van der Waals surface area contributed by atoms with Crippen molar-refractivity contribution in [2.45, 2.75) is 24.6 Å². The van der Waals surface area contributed by atoms with Crippen molar-refractivity contribution in [3.63, 3.8) is 0 Å². The van der Waals surface area contributed by atoms with Crippen LogP contribution in [0.3, 0.4) is 0 Å². The molecule has 6 rings (SSSR count). The molecule has 0 unspecified atom stereocenters. The first-order valence-corrected chi connectivity index (χ1v) is 12.6. The Morgan fingerprint density at radius 3 is 2.40 bits per heavy atom. The van der Waals surface area contributed by atoms with Crippen molar-refractivity contribution in [1.82, 2.24) is 19.7 Å². The molecule has 0 radical (unpaired) electrons. The summed E-state index contributed by atoms with van der Waals surface area (Å²) in [6.45, 7) is 0.0722. The van der Waals surface area contributed by atoms with E-state index in [1.807, 2.05) is 0 Å². The van der Waals surface area contributed by atoms with Crippen molar-refractivity contribution in [3.8, 4) is 16.9 Å². The molecule has 1 fully saturated rings. The summed E-state index contributed by atoms with van der Waals surface area (Å²) in [5.74, 6) is -4.28. The van der Waals surface area contributed by atoms with Gasteiger partial charge in [0, 0.05) is 55.5 Å². The lowest BCUT2D eigenvalue weighted by Crippen LogP contribution is -2.50. The zero-order valence-electron chi connectivity index (χ0n) is 21.4. The number of ether oxygens (including phenoxy) is 1. The van der Waals surface area contributed by atoms with E-state index in [0.29, 0.717) is 17.7 Å². The Morgan fingerprint density at radius 1 is 0.976 bits per heavy atom. The Kier molecular flexibility index (Phi) is 6.43. The number of benzene rings is 2. The predicted molar refractivity (Wildman–Crippen MR) is 135 cm³/mol. The number of carbonyl (C=O) groups is 2. The van der Waals surface area contributed by atoms with E-state index < -0.39 is 46.8 Å². The number of halogens is 6. The second-order valence-electron chi connectivity index (χ2n) is 9.84. The third kappa shape index (κ3) is 4.72. The third-order valence-corrected chi connectivity index (χ3v) is 7.32. The molecule has 4 heterocycles. The van der Waals surface area contributed by atoms with Gasteiger partial charge in [-0.15, -0.1) is 0 Å². The van der Waals surface area contributed by atoms with Gasteiger partial charge in [0.2, 0.25) is 0 Å². The molecule has 0 bridgehead atoms. The zero-order valence-corrected chi connectivity index (χ0v) is 21.4. The maximum atomic E-state index is 14.1. The minimum atomic E-state index is -4.96. The summed E-state index contributed by atoms with van der Waals surface area (Å²) in [5.41, 5.74) is -2.05. The lowest BCUT2D eigenvalue weighted by molar-refractivity contribution is -0.140. The molecule has 2 aromatic carbocycles. The average Bonchev–Trinajstić information content (AvgIpc) is 3.40. The second-order valence-corrected chi connectivity index (χ2v) is 9.84. The van der Waals surface area contributed by atoms with Crippen molar-refractivity contribution in [1.29, 1.82) is 0 Å². The van der Waals surface area contributed by atoms with E-state index >= 15 is 0 Å². The van der Waals surface area contributed by atoms with Gasteiger partial charge in [-0.3, -0.25) is 15.1 Å². The molecule has 1 saturated heterocycles. The van der Waals surface area contributed by atoms with Crippen LogP contribution in [0, 0.1) is 17.5 Å². The predicted octanol–water partition coefficient (Wildman–Crippen LogP) is 6.06. The summed E-state index contributed by atoms with van der Waals surface area (Å²) in [5, 5.41) is 6.64. The van der Waals surface area contributed by atoms with Gasteiger partial charge in [-0.05, 0) is 42.5 Å². The highest BCUT2D eigenvalue weighted by atomic mass is 19.4. The van der Waals surface area contributed by atoms with E-state index in [4.69, 9.17) is 4.74 Å². The number of amides is 2. The fraction of sp³-hybridized carbons (Fsp3) is 0.214. The molecule has 1 N–H and O–H groups in total. The normalized spacial score (nSPS) is 16.1. The van der Waals surface area contributed by atoms with Gasteiger partial charge in [0.25, 0.3) is 5.91 Å². The topological polar surface area (TPSA) is 89.4 Å². The van der Waals surface area contributed by atoms with E-state index in [1.165, 1.54) is 23.4 Å². The largest absolute Gasteiger partial charge is 0.438 e. The number of fused-ring (bicyclic) bond motifs is 2. The van der Waals surface area contributed by atoms with Crippen LogP contribution in [0.25, 0.3) is 16.9 Å². The molecule has 2 amide bonds. The molecule has 8 nitrogen and oxygen atoms in total. The van der Waals surface area contributed by atoms with Crippen LogP contribution in [0.4, 0.5) is 36.8 Å². The smallest absolute Gasteiger partial charge is 0.419 e. The summed E-state index contributed by atoms with van der Waals surface area (Å²) < 4.78 is 88.9. The van der Waals surface area contributed by atoms with Gasteiger partial charge in [0.05, 0.1) is 22.6 Å². The summed E-state index contributed by atoms with van der Waals surface area (Å²) >= 11 is 0. The molecule has 0 saturated carbocycles. The molecule has 4 aromatic rings. The first kappa shape index (κ1) is 27.3. The maximum absolute atomic E-state index is 14.1. The number of likely N-dealkylation sites (tertiary alicyclic amines) is 1. The third-order valence-electron chi connectivity index (χ3n) is 7.32. The highest BCUT2D eigenvalue weighted by molar-refractivity contribution is 5.94. The van der Waals surface area contributed by atoms with Crippen LogP contribution in [-0.2, 0) is 16.5 Å². The lowest BCUT2D eigenvalue weighted by atomic mass is 9.82. The number of anilines is 1. The number of pyridine rings is 1. The quantitative estimate of drug-likeness (QED) is 0.294. The zero-order chi connectivity index (χ0) is 29.8. The standard InChI is InChI=1S/C28H19F6N5O3/c29-19-4-3-16(10-17(19)28(32,33)34)39-24(15-2-1-7-35-14-15)13-23(37-39)25(40)38-8-5-27(6-9-38)18-11-20(30)21(31)12-22(18)36-26(41)42-27/h1-4,7,10-14H,5-6,8-9H2,(H,36,41). The number of rotatable bonds is 3. The van der Waals surface area contributed by atoms with Gasteiger partial charge in [-0.1, -0.05) is 0 Å². The summed E-state index contributed by atoms with van der Waals surface area (Å²) in [6.07, 6.45) is -2.75. The van der Waals surface area contributed by atoms with E-state index in [1.54, 1.807) is 12.1 Å². The molecule has 42 heavy (non-hydrogen) atoms. The van der Waals surface area contributed by atoms with Gasteiger partial charge in [0.15, 0.2) is 17.3 Å². The maximum Gasteiger partial charge on any atom is 0.419 e. The van der Waals surface area contributed by atoms with Crippen molar-refractivity contribution in [3.05, 3.63) is 95.2 Å². The first-order valence-electron chi connectivity index (χ1n) is 12.6. The number of nitrogens with zero attached hydrogens (tertiary/aromatic N) is 4. The van der Waals surface area contributed by atoms with Crippen LogP contribution in [0.2, 0.25) is 0 Å². The van der Waals surface area contributed by atoms with Crippen LogP contribution >= 0.6 is 0 Å². The van der Waals surface area contributed by atoms with Crippen LogP contribution in [0.5, 0.6) is 0 Å². The van der Waals surface area contributed by atoms with Crippen molar-refractivity contribution in [2.75, 3.05) is 18.4 Å². The fourth-order valence-corrected chi connectivity index (χ4v) is 5.26. The highest BCUT2D eigenvalue weighted by Gasteiger charge is 2.46. The number of nitrogens with one attached hydrogen (secondary N) is 1. The Morgan fingerprint density at radius 2 is 1.71 bits per heavy atom. The molecular weight excluding hydrogens is 568 g/mol. The van der Waals surface area contributed by atoms with Crippen LogP contribution < -0.4 is 5.32 Å². The SMILES string of the molecule is O=C1Nc2cc(F)c(F)cc2C2(CCN(C(=O)c3cc(-c4cccnc4)n(-c4ccc(F)c(C(F)(F)F)c4)n3)CC2)O1. The second kappa shape index (κ2) is 9.89. The Labute approximate surface area is 233 Å². The molecule has 2 aromatic heterocycles. The summed E-state index contributed by atoms with van der Waals surface area (Å²) in [4.78, 5) is 31.2. The van der Waals surface area contributed by atoms with Crippen molar-refractivity contribution >= 4 is 17.7 Å². The average molecular weight is 587 g/mol. The Balaban J connectivity index is 1.32. The monoisotopic (exact) mass is 587 g/mol. The van der Waals surface area contributed by atoms with Crippen molar-refractivity contribution < 1.29 is 40.7 Å². The summed E-state index contributed by atoms with van der Waals surface area (Å²) in [7, 11) is 0. The first-order chi connectivity index (χ1) is 19.9. The number of hydrogen-bond acceptors (Lipinski definition) is 5. The van der Waals surface area contributed by atoms with Gasteiger partial charge in [0.1, 0.15) is 11.4 Å². The minimum Gasteiger partial charge on any atom is -0.438 e. The minimum absolute atomic E-state index is 0.0361. The number of alkyl halides is 3. The Bertz CT molecular complexity index is 1720. The molecule has 14 heteroatoms. The van der Waals surface area contributed by atoms with Gasteiger partial charge < -0.3 is 9.64 Å². The summed E-state index contributed by atoms with van der Waals surface area (Å²) in [6, 6.07) is 8.82. The van der Waals surface area contributed by atoms with Crippen molar-refractivity contribution in [2.24, 2.45) is 0 Å².